The Labute approximate surface area is 156 Å². The van der Waals surface area contributed by atoms with Gasteiger partial charge >= 0.3 is 5.97 Å². The van der Waals surface area contributed by atoms with Crippen molar-refractivity contribution in [1.82, 2.24) is 4.57 Å². The van der Waals surface area contributed by atoms with Crippen LogP contribution < -0.4 is 5.73 Å². The summed E-state index contributed by atoms with van der Waals surface area (Å²) in [6.45, 7) is 0.619. The lowest BCUT2D eigenvalue weighted by Gasteiger charge is -2.08. The van der Waals surface area contributed by atoms with Gasteiger partial charge in [-0.05, 0) is 35.4 Å². The summed E-state index contributed by atoms with van der Waals surface area (Å²) >= 11 is 12.2. The Morgan fingerprint density at radius 1 is 1.20 bits per heavy atom. The monoisotopic (exact) mass is 376 g/mol. The van der Waals surface area contributed by atoms with Crippen LogP contribution in [-0.4, -0.2) is 23.7 Å². The molecule has 2 N–H and O–H groups in total. The van der Waals surface area contributed by atoms with Gasteiger partial charge in [-0.15, -0.1) is 0 Å². The Kier molecular flexibility index (Phi) is 5.33. The third-order valence-electron chi connectivity index (χ3n) is 4.09. The number of rotatable bonds is 5. The molecule has 130 valence electrons. The number of aromatic nitrogens is 1. The topological polar surface area (TPSA) is 57.2 Å². The first-order valence-electron chi connectivity index (χ1n) is 7.83. The van der Waals surface area contributed by atoms with E-state index in [0.29, 0.717) is 23.0 Å². The molecule has 25 heavy (non-hydrogen) atoms. The van der Waals surface area contributed by atoms with Gasteiger partial charge in [-0.2, -0.15) is 0 Å². The Balaban J connectivity index is 1.97. The summed E-state index contributed by atoms with van der Waals surface area (Å²) in [6, 6.07) is 12.8. The lowest BCUT2D eigenvalue weighted by molar-refractivity contribution is -0.142. The normalized spacial score (nSPS) is 12.3. The summed E-state index contributed by atoms with van der Waals surface area (Å²) in [5.74, 6) is -0.418. The van der Waals surface area contributed by atoms with E-state index in [1.165, 1.54) is 7.11 Å². The highest BCUT2D eigenvalue weighted by molar-refractivity contribution is 6.34. The lowest BCUT2D eigenvalue weighted by atomic mass is 10.1. The third kappa shape index (κ3) is 3.98. The van der Waals surface area contributed by atoms with E-state index in [2.05, 4.69) is 4.57 Å². The van der Waals surface area contributed by atoms with E-state index in [9.17, 15) is 4.79 Å². The lowest BCUT2D eigenvalue weighted by Crippen LogP contribution is -2.33. The summed E-state index contributed by atoms with van der Waals surface area (Å²) in [6.07, 6.45) is 2.43. The predicted molar refractivity (Wildman–Crippen MR) is 101 cm³/mol. The van der Waals surface area contributed by atoms with Gasteiger partial charge in [0.15, 0.2) is 0 Å². The molecule has 0 aliphatic heterocycles. The molecule has 0 aliphatic rings. The van der Waals surface area contributed by atoms with Crippen LogP contribution in [0.3, 0.4) is 0 Å². The number of hydrogen-bond acceptors (Lipinski definition) is 3. The molecule has 0 spiro atoms. The maximum Gasteiger partial charge on any atom is 0.322 e. The van der Waals surface area contributed by atoms with Crippen molar-refractivity contribution in [3.05, 3.63) is 69.8 Å². The zero-order valence-electron chi connectivity index (χ0n) is 13.7. The van der Waals surface area contributed by atoms with Crippen LogP contribution in [0.1, 0.15) is 11.1 Å². The molecule has 0 saturated carbocycles. The SMILES string of the molecule is COC(=O)C(N)Cc1cn(Cc2cc(Cl)cc(Cl)c2)c2ccccc12. The van der Waals surface area contributed by atoms with Crippen LogP contribution in [-0.2, 0) is 22.5 Å². The molecule has 3 rings (SSSR count). The van der Waals surface area contributed by atoms with Crippen LogP contribution in [0.25, 0.3) is 10.9 Å². The maximum absolute atomic E-state index is 11.6. The molecule has 1 heterocycles. The fourth-order valence-corrected chi connectivity index (χ4v) is 3.56. The number of nitrogens with zero attached hydrogens (tertiary/aromatic N) is 1. The van der Waals surface area contributed by atoms with Gasteiger partial charge < -0.3 is 15.0 Å². The number of nitrogens with two attached hydrogens (primary N) is 1. The number of ether oxygens (including phenoxy) is 1. The number of para-hydroxylation sites is 1. The molecule has 3 aromatic rings. The van der Waals surface area contributed by atoms with Gasteiger partial charge in [0.25, 0.3) is 0 Å². The first kappa shape index (κ1) is 17.8. The number of esters is 1. The highest BCUT2D eigenvalue weighted by Gasteiger charge is 2.18. The fraction of sp³-hybridized carbons (Fsp3) is 0.211. The summed E-state index contributed by atoms with van der Waals surface area (Å²) in [4.78, 5) is 11.6. The van der Waals surface area contributed by atoms with Crippen LogP contribution in [0, 0.1) is 0 Å². The van der Waals surface area contributed by atoms with Crippen LogP contribution in [0.2, 0.25) is 10.0 Å². The van der Waals surface area contributed by atoms with E-state index < -0.39 is 12.0 Å². The van der Waals surface area contributed by atoms with Gasteiger partial charge in [-0.25, -0.2) is 0 Å². The van der Waals surface area contributed by atoms with Crippen molar-refractivity contribution >= 4 is 40.1 Å². The average molecular weight is 377 g/mol. The predicted octanol–water partition coefficient (Wildman–Crippen LogP) is 4.04. The Bertz CT molecular complexity index is 901. The van der Waals surface area contributed by atoms with E-state index in [1.807, 2.05) is 42.6 Å². The highest BCUT2D eigenvalue weighted by Crippen LogP contribution is 2.25. The summed E-state index contributed by atoms with van der Waals surface area (Å²) in [7, 11) is 1.34. The second kappa shape index (κ2) is 7.48. The molecule has 0 fully saturated rings. The number of hydrogen-bond donors (Lipinski definition) is 1. The molecule has 1 aromatic heterocycles. The number of halogens is 2. The second-order valence-corrected chi connectivity index (χ2v) is 6.78. The van der Waals surface area contributed by atoms with E-state index in [1.54, 1.807) is 6.07 Å². The van der Waals surface area contributed by atoms with Crippen molar-refractivity contribution in [2.24, 2.45) is 5.73 Å². The van der Waals surface area contributed by atoms with Gasteiger partial charge in [0.2, 0.25) is 0 Å². The molecule has 2 aromatic carbocycles. The molecule has 1 atom stereocenters. The van der Waals surface area contributed by atoms with Crippen LogP contribution in [0.4, 0.5) is 0 Å². The number of benzene rings is 2. The molecule has 6 heteroatoms. The van der Waals surface area contributed by atoms with Crippen molar-refractivity contribution in [2.75, 3.05) is 7.11 Å². The molecular formula is C19H18Cl2N2O2. The molecule has 1 unspecified atom stereocenters. The zero-order chi connectivity index (χ0) is 18.0. The van der Waals surface area contributed by atoms with Gasteiger partial charge in [-0.1, -0.05) is 41.4 Å². The largest absolute Gasteiger partial charge is 0.468 e. The number of carbonyl (C=O) groups is 1. The Morgan fingerprint density at radius 2 is 1.88 bits per heavy atom. The minimum atomic E-state index is -0.690. The minimum absolute atomic E-state index is 0.413. The third-order valence-corrected chi connectivity index (χ3v) is 4.53. The smallest absolute Gasteiger partial charge is 0.322 e. The number of fused-ring (bicyclic) bond motifs is 1. The van der Waals surface area contributed by atoms with Gasteiger partial charge in [0.1, 0.15) is 6.04 Å². The van der Waals surface area contributed by atoms with Gasteiger partial charge in [0.05, 0.1) is 7.11 Å². The Morgan fingerprint density at radius 3 is 2.56 bits per heavy atom. The van der Waals surface area contributed by atoms with Crippen molar-refractivity contribution < 1.29 is 9.53 Å². The molecule has 0 bridgehead atoms. The van der Waals surface area contributed by atoms with Crippen molar-refractivity contribution in [3.8, 4) is 0 Å². The van der Waals surface area contributed by atoms with Gasteiger partial charge in [0, 0.05) is 40.1 Å². The summed E-state index contributed by atoms with van der Waals surface area (Å²) < 4.78 is 6.83. The highest BCUT2D eigenvalue weighted by atomic mass is 35.5. The van der Waals surface area contributed by atoms with Crippen molar-refractivity contribution in [1.29, 1.82) is 0 Å². The number of methoxy groups -OCH3 is 1. The standard InChI is InChI=1S/C19H18Cl2N2O2/c1-25-19(24)17(22)8-13-11-23(18-5-3-2-4-16(13)18)10-12-6-14(20)9-15(21)7-12/h2-7,9,11,17H,8,10,22H2,1H3. The van der Waals surface area contributed by atoms with E-state index in [4.69, 9.17) is 33.7 Å². The van der Waals surface area contributed by atoms with Crippen LogP contribution >= 0.6 is 23.2 Å². The average Bonchev–Trinajstić information content (AvgIpc) is 2.91. The minimum Gasteiger partial charge on any atom is -0.468 e. The molecule has 0 amide bonds. The summed E-state index contributed by atoms with van der Waals surface area (Å²) in [5, 5.41) is 2.27. The molecule has 0 aliphatic carbocycles. The molecule has 0 radical (unpaired) electrons. The maximum atomic E-state index is 11.6. The first-order valence-corrected chi connectivity index (χ1v) is 8.58. The van der Waals surface area contributed by atoms with Crippen molar-refractivity contribution in [2.45, 2.75) is 19.0 Å². The first-order chi connectivity index (χ1) is 12.0. The summed E-state index contributed by atoms with van der Waals surface area (Å²) in [5.41, 5.74) is 9.00. The van der Waals surface area contributed by atoms with Gasteiger partial charge in [-0.3, -0.25) is 4.79 Å². The van der Waals surface area contributed by atoms with Crippen LogP contribution in [0.5, 0.6) is 0 Å². The van der Waals surface area contributed by atoms with E-state index in [-0.39, 0.29) is 0 Å². The molecule has 0 saturated heterocycles. The number of carbonyl (C=O) groups excluding carboxylic acids is 1. The Hall–Kier alpha value is -2.01. The quantitative estimate of drug-likeness (QED) is 0.683. The zero-order valence-corrected chi connectivity index (χ0v) is 15.2. The van der Waals surface area contributed by atoms with E-state index >= 15 is 0 Å². The molecular weight excluding hydrogens is 359 g/mol. The second-order valence-electron chi connectivity index (χ2n) is 5.91. The van der Waals surface area contributed by atoms with E-state index in [0.717, 1.165) is 22.0 Å². The van der Waals surface area contributed by atoms with Crippen molar-refractivity contribution in [3.63, 3.8) is 0 Å². The fourth-order valence-electron chi connectivity index (χ4n) is 2.99. The molecule has 4 nitrogen and oxygen atoms in total. The van der Waals surface area contributed by atoms with Crippen LogP contribution in [0.15, 0.2) is 48.7 Å².